The van der Waals surface area contributed by atoms with E-state index in [9.17, 15) is 9.59 Å². The topological polar surface area (TPSA) is 76.7 Å². The van der Waals surface area contributed by atoms with Crippen LogP contribution in [0.4, 0.5) is 11.4 Å². The average Bonchev–Trinajstić information content (AvgIpc) is 2.73. The summed E-state index contributed by atoms with van der Waals surface area (Å²) in [5, 5.41) is 5.95. The van der Waals surface area contributed by atoms with E-state index in [4.69, 9.17) is 9.47 Å². The van der Waals surface area contributed by atoms with Crippen LogP contribution in [0.1, 0.15) is 31.2 Å². The zero-order chi connectivity index (χ0) is 20.8. The second-order valence-corrected chi connectivity index (χ2v) is 7.47. The van der Waals surface area contributed by atoms with Gasteiger partial charge in [0.2, 0.25) is 11.8 Å². The van der Waals surface area contributed by atoms with Gasteiger partial charge in [0.15, 0.2) is 11.5 Å². The molecule has 2 amide bonds. The first kappa shape index (κ1) is 20.7. The molecule has 1 saturated carbocycles. The van der Waals surface area contributed by atoms with Crippen LogP contribution in [-0.2, 0) is 9.59 Å². The van der Waals surface area contributed by atoms with E-state index >= 15 is 0 Å². The molecule has 2 aromatic rings. The minimum atomic E-state index is -0.0916. The van der Waals surface area contributed by atoms with Gasteiger partial charge >= 0.3 is 0 Å². The Kier molecular flexibility index (Phi) is 6.75. The molecule has 0 atom stereocenters. The number of methoxy groups -OCH3 is 2. The molecule has 6 nitrogen and oxygen atoms in total. The molecule has 6 heteroatoms. The van der Waals surface area contributed by atoms with Crippen LogP contribution in [0.15, 0.2) is 42.5 Å². The second-order valence-electron chi connectivity index (χ2n) is 7.47. The molecule has 1 fully saturated rings. The molecule has 0 unspecified atom stereocenters. The summed E-state index contributed by atoms with van der Waals surface area (Å²) < 4.78 is 10.5. The molecule has 0 spiro atoms. The van der Waals surface area contributed by atoms with Crippen molar-refractivity contribution >= 4 is 23.2 Å². The fourth-order valence-electron chi connectivity index (χ4n) is 3.74. The van der Waals surface area contributed by atoms with Crippen LogP contribution < -0.4 is 20.1 Å². The fourth-order valence-corrected chi connectivity index (χ4v) is 3.74. The van der Waals surface area contributed by atoms with Gasteiger partial charge in [0, 0.05) is 29.3 Å². The summed E-state index contributed by atoms with van der Waals surface area (Å²) in [7, 11) is 3.14. The average molecular weight is 396 g/mol. The first-order valence-corrected chi connectivity index (χ1v) is 9.90. The minimum absolute atomic E-state index is 0.0187. The highest BCUT2D eigenvalue weighted by Crippen LogP contribution is 2.33. The summed E-state index contributed by atoms with van der Waals surface area (Å²) in [4.78, 5) is 25.2. The molecule has 0 heterocycles. The number of benzene rings is 2. The number of carbonyl (C=O) groups excluding carboxylic acids is 2. The molecule has 2 aromatic carbocycles. The van der Waals surface area contributed by atoms with Crippen LogP contribution in [0.25, 0.3) is 0 Å². The maximum Gasteiger partial charge on any atom is 0.227 e. The number of hydrogen-bond acceptors (Lipinski definition) is 4. The van der Waals surface area contributed by atoms with Crippen LogP contribution in [0.5, 0.6) is 11.5 Å². The highest BCUT2D eigenvalue weighted by molar-refractivity contribution is 5.94. The minimum Gasteiger partial charge on any atom is -0.493 e. The summed E-state index contributed by atoms with van der Waals surface area (Å²) >= 11 is 0. The second kappa shape index (κ2) is 9.45. The van der Waals surface area contributed by atoms with E-state index in [0.29, 0.717) is 42.9 Å². The van der Waals surface area contributed by atoms with Crippen molar-refractivity contribution in [2.45, 2.75) is 32.6 Å². The molecule has 0 aromatic heterocycles. The number of hydrogen-bond donors (Lipinski definition) is 2. The van der Waals surface area contributed by atoms with Crippen molar-refractivity contribution in [3.63, 3.8) is 0 Å². The Morgan fingerprint density at radius 3 is 1.86 bits per heavy atom. The molecule has 1 aliphatic rings. The molecule has 3 rings (SSSR count). The Hall–Kier alpha value is -3.02. The largest absolute Gasteiger partial charge is 0.493 e. The van der Waals surface area contributed by atoms with Gasteiger partial charge in [-0.25, -0.2) is 0 Å². The third-order valence-corrected chi connectivity index (χ3v) is 5.41. The number of nitrogens with one attached hydrogen (secondary N) is 2. The molecule has 0 saturated heterocycles. The molecule has 0 aliphatic heterocycles. The van der Waals surface area contributed by atoms with E-state index in [2.05, 4.69) is 10.6 Å². The van der Waals surface area contributed by atoms with Crippen LogP contribution in [0, 0.1) is 18.8 Å². The quantitative estimate of drug-likeness (QED) is 0.759. The molecule has 154 valence electrons. The van der Waals surface area contributed by atoms with Gasteiger partial charge in [0.25, 0.3) is 0 Å². The lowest BCUT2D eigenvalue weighted by Crippen LogP contribution is -2.32. The highest BCUT2D eigenvalue weighted by Gasteiger charge is 2.30. The number of carbonyl (C=O) groups is 2. The molecule has 0 radical (unpaired) electrons. The van der Waals surface area contributed by atoms with Gasteiger partial charge in [-0.1, -0.05) is 12.1 Å². The Morgan fingerprint density at radius 1 is 0.793 bits per heavy atom. The fraction of sp³-hybridized carbons (Fsp3) is 0.391. The van der Waals surface area contributed by atoms with E-state index in [1.165, 1.54) is 0 Å². The Bertz CT molecular complexity index is 873. The zero-order valence-corrected chi connectivity index (χ0v) is 17.2. The monoisotopic (exact) mass is 396 g/mol. The Labute approximate surface area is 171 Å². The summed E-state index contributed by atoms with van der Waals surface area (Å²) in [5.41, 5.74) is 2.61. The zero-order valence-electron chi connectivity index (χ0n) is 17.2. The number of ether oxygens (including phenoxy) is 2. The maximum absolute atomic E-state index is 12.6. The lowest BCUT2D eigenvalue weighted by molar-refractivity contribution is -0.125. The van der Waals surface area contributed by atoms with E-state index in [1.807, 2.05) is 31.2 Å². The lowest BCUT2D eigenvalue weighted by Gasteiger charge is -2.27. The van der Waals surface area contributed by atoms with Gasteiger partial charge in [-0.2, -0.15) is 0 Å². The number of anilines is 2. The summed E-state index contributed by atoms with van der Waals surface area (Å²) in [5.74, 6) is 1.06. The number of rotatable bonds is 6. The van der Waals surface area contributed by atoms with Crippen molar-refractivity contribution in [1.82, 2.24) is 0 Å². The van der Waals surface area contributed by atoms with Gasteiger partial charge in [0.1, 0.15) is 0 Å². The smallest absolute Gasteiger partial charge is 0.227 e. The van der Waals surface area contributed by atoms with Crippen molar-refractivity contribution in [2.75, 3.05) is 24.9 Å². The van der Waals surface area contributed by atoms with Crippen molar-refractivity contribution in [3.05, 3.63) is 48.0 Å². The van der Waals surface area contributed by atoms with Crippen molar-refractivity contribution in [2.24, 2.45) is 11.8 Å². The molecular weight excluding hydrogens is 368 g/mol. The molecule has 29 heavy (non-hydrogen) atoms. The van der Waals surface area contributed by atoms with E-state index < -0.39 is 0 Å². The Balaban J connectivity index is 1.52. The van der Waals surface area contributed by atoms with Gasteiger partial charge in [-0.3, -0.25) is 9.59 Å². The van der Waals surface area contributed by atoms with Crippen LogP contribution in [-0.4, -0.2) is 26.0 Å². The van der Waals surface area contributed by atoms with Gasteiger partial charge in [-0.15, -0.1) is 0 Å². The van der Waals surface area contributed by atoms with Crippen LogP contribution in [0.3, 0.4) is 0 Å². The summed E-state index contributed by atoms with van der Waals surface area (Å²) in [6, 6.07) is 13.1. The van der Waals surface area contributed by atoms with Gasteiger partial charge in [0.05, 0.1) is 14.2 Å². The molecular formula is C23H28N2O4. The molecule has 1 aliphatic carbocycles. The third-order valence-electron chi connectivity index (χ3n) is 5.41. The van der Waals surface area contributed by atoms with Gasteiger partial charge < -0.3 is 20.1 Å². The first-order chi connectivity index (χ1) is 14.0. The number of amides is 2. The van der Waals surface area contributed by atoms with Crippen LogP contribution in [0.2, 0.25) is 0 Å². The predicted molar refractivity (Wildman–Crippen MR) is 113 cm³/mol. The van der Waals surface area contributed by atoms with Gasteiger partial charge in [-0.05, 0) is 62.4 Å². The Morgan fingerprint density at radius 2 is 1.34 bits per heavy atom. The molecule has 0 bridgehead atoms. The van der Waals surface area contributed by atoms with Crippen molar-refractivity contribution < 1.29 is 19.1 Å². The highest BCUT2D eigenvalue weighted by atomic mass is 16.5. The van der Waals surface area contributed by atoms with Crippen LogP contribution >= 0.6 is 0 Å². The standard InChI is InChI=1S/C23H28N2O4/c1-15-5-4-6-18(13-15)24-22(26)16-7-9-17(10-8-16)23(27)25-19-11-12-20(28-2)21(14-19)29-3/h4-6,11-14,16-17H,7-10H2,1-3H3,(H,24,26)(H,25,27). The normalized spacial score (nSPS) is 18.6. The van der Waals surface area contributed by atoms with Crippen molar-refractivity contribution in [1.29, 1.82) is 0 Å². The SMILES string of the molecule is COc1ccc(NC(=O)C2CCC(C(=O)Nc3cccc(C)c3)CC2)cc1OC. The van der Waals surface area contributed by atoms with Crippen molar-refractivity contribution in [3.8, 4) is 11.5 Å². The summed E-state index contributed by atoms with van der Waals surface area (Å²) in [6.45, 7) is 2.00. The third kappa shape index (κ3) is 5.28. The lowest BCUT2D eigenvalue weighted by atomic mass is 9.81. The summed E-state index contributed by atoms with van der Waals surface area (Å²) in [6.07, 6.45) is 2.82. The molecule has 2 N–H and O–H groups in total. The first-order valence-electron chi connectivity index (χ1n) is 9.90. The maximum atomic E-state index is 12.6. The van der Waals surface area contributed by atoms with E-state index in [0.717, 1.165) is 11.3 Å². The number of aryl methyl sites for hydroxylation is 1. The van der Waals surface area contributed by atoms with E-state index in [1.54, 1.807) is 32.4 Å². The van der Waals surface area contributed by atoms with E-state index in [-0.39, 0.29) is 23.7 Å². The predicted octanol–water partition coefficient (Wildman–Crippen LogP) is 4.40.